The third-order valence-corrected chi connectivity index (χ3v) is 2.80. The number of rotatable bonds is 3. The van der Waals surface area contributed by atoms with Gasteiger partial charge >= 0.3 is 5.69 Å². The molecule has 0 saturated heterocycles. The van der Waals surface area contributed by atoms with Gasteiger partial charge in [0.25, 0.3) is 0 Å². The van der Waals surface area contributed by atoms with Crippen molar-refractivity contribution in [3.8, 4) is 5.69 Å². The lowest BCUT2D eigenvalue weighted by Gasteiger charge is -2.06. The molecule has 0 fully saturated rings. The number of imidazole rings is 1. The molecule has 0 amide bonds. The van der Waals surface area contributed by atoms with Crippen LogP contribution in [0.5, 0.6) is 0 Å². The van der Waals surface area contributed by atoms with Crippen molar-refractivity contribution in [2.24, 2.45) is 7.05 Å². The summed E-state index contributed by atoms with van der Waals surface area (Å²) in [7, 11) is 1.74. The summed E-state index contributed by atoms with van der Waals surface area (Å²) in [6, 6.07) is 7.68. The van der Waals surface area contributed by atoms with E-state index in [1.165, 1.54) is 0 Å². The summed E-state index contributed by atoms with van der Waals surface area (Å²) in [6.07, 6.45) is 2.41. The molecule has 0 bridgehead atoms. The van der Waals surface area contributed by atoms with Crippen LogP contribution in [0.25, 0.3) is 5.69 Å². The van der Waals surface area contributed by atoms with Crippen molar-refractivity contribution in [1.82, 2.24) is 9.13 Å². The van der Waals surface area contributed by atoms with Crippen LogP contribution in [0.1, 0.15) is 11.3 Å². The second kappa shape index (κ2) is 4.59. The van der Waals surface area contributed by atoms with Crippen LogP contribution in [0.15, 0.2) is 35.3 Å². The highest BCUT2D eigenvalue weighted by atomic mass is 16.3. The second-order valence-corrected chi connectivity index (χ2v) is 4.14. The van der Waals surface area contributed by atoms with Crippen molar-refractivity contribution >= 4 is 0 Å². The molecule has 0 spiro atoms. The Hall–Kier alpha value is -1.81. The van der Waals surface area contributed by atoms with Crippen LogP contribution >= 0.6 is 0 Å². The molecule has 4 heteroatoms. The highest BCUT2D eigenvalue weighted by Crippen LogP contribution is 2.11. The third kappa shape index (κ3) is 2.17. The van der Waals surface area contributed by atoms with E-state index in [4.69, 9.17) is 5.11 Å². The molecule has 17 heavy (non-hydrogen) atoms. The minimum absolute atomic E-state index is 0.0522. The van der Waals surface area contributed by atoms with Crippen LogP contribution in [-0.2, 0) is 13.5 Å². The molecular weight excluding hydrogens is 216 g/mol. The number of aromatic nitrogens is 2. The Bertz CT molecular complexity index is 581. The van der Waals surface area contributed by atoms with E-state index >= 15 is 0 Å². The minimum Gasteiger partial charge on any atom is -0.396 e. The molecule has 2 aromatic rings. The number of aliphatic hydroxyl groups is 1. The van der Waals surface area contributed by atoms with Crippen molar-refractivity contribution in [1.29, 1.82) is 0 Å². The first-order valence-electron chi connectivity index (χ1n) is 5.58. The summed E-state index contributed by atoms with van der Waals surface area (Å²) in [5, 5.41) is 8.92. The van der Waals surface area contributed by atoms with Gasteiger partial charge in [-0.15, -0.1) is 0 Å². The molecule has 0 aliphatic carbocycles. The normalized spacial score (nSPS) is 10.8. The smallest absolute Gasteiger partial charge is 0.332 e. The number of hydrogen-bond acceptors (Lipinski definition) is 2. The summed E-state index contributed by atoms with van der Waals surface area (Å²) in [6.45, 7) is 2.02. The van der Waals surface area contributed by atoms with E-state index in [1.807, 2.05) is 31.2 Å². The van der Waals surface area contributed by atoms with Gasteiger partial charge in [0, 0.05) is 25.5 Å². The first-order valence-corrected chi connectivity index (χ1v) is 5.58. The molecule has 1 heterocycles. The van der Waals surface area contributed by atoms with Crippen LogP contribution in [0.3, 0.4) is 0 Å². The Morgan fingerprint density at radius 2 is 2.12 bits per heavy atom. The van der Waals surface area contributed by atoms with E-state index < -0.39 is 0 Å². The standard InChI is InChI=1S/C13H16N2O2/c1-10-9-14(2)13(17)15(10)12-5-3-4-11(8-12)6-7-16/h3-5,8-9,16H,6-7H2,1-2H3. The zero-order valence-corrected chi connectivity index (χ0v) is 10.1. The number of aliphatic hydroxyl groups excluding tert-OH is 1. The fourth-order valence-corrected chi connectivity index (χ4v) is 2.00. The zero-order chi connectivity index (χ0) is 12.4. The van der Waals surface area contributed by atoms with Crippen molar-refractivity contribution in [2.75, 3.05) is 6.61 Å². The molecule has 0 saturated carbocycles. The summed E-state index contributed by atoms with van der Waals surface area (Å²) in [5.74, 6) is 0. The van der Waals surface area contributed by atoms with E-state index in [1.54, 1.807) is 22.4 Å². The SMILES string of the molecule is Cc1cn(C)c(=O)n1-c1cccc(CCO)c1. The van der Waals surface area contributed by atoms with E-state index in [-0.39, 0.29) is 12.3 Å². The molecule has 0 radical (unpaired) electrons. The predicted molar refractivity (Wildman–Crippen MR) is 66.5 cm³/mol. The van der Waals surface area contributed by atoms with Gasteiger partial charge in [0.2, 0.25) is 0 Å². The Balaban J connectivity index is 2.53. The highest BCUT2D eigenvalue weighted by molar-refractivity contribution is 5.37. The van der Waals surface area contributed by atoms with E-state index in [0.717, 1.165) is 16.9 Å². The molecule has 0 aliphatic rings. The zero-order valence-electron chi connectivity index (χ0n) is 10.1. The van der Waals surface area contributed by atoms with Crippen LogP contribution in [0.2, 0.25) is 0 Å². The van der Waals surface area contributed by atoms with Crippen LogP contribution < -0.4 is 5.69 Å². The number of aryl methyl sites for hydroxylation is 2. The first kappa shape index (κ1) is 11.7. The lowest BCUT2D eigenvalue weighted by atomic mass is 10.1. The number of hydrogen-bond donors (Lipinski definition) is 1. The van der Waals surface area contributed by atoms with Gasteiger partial charge in [-0.05, 0) is 31.0 Å². The maximum absolute atomic E-state index is 11.9. The van der Waals surface area contributed by atoms with Gasteiger partial charge in [0.1, 0.15) is 0 Å². The summed E-state index contributed by atoms with van der Waals surface area (Å²) in [5.41, 5.74) is 2.72. The van der Waals surface area contributed by atoms with E-state index in [0.29, 0.717) is 6.42 Å². The van der Waals surface area contributed by atoms with Crippen molar-refractivity contribution in [3.63, 3.8) is 0 Å². The fraction of sp³-hybridized carbons (Fsp3) is 0.308. The Labute approximate surface area is 99.8 Å². The van der Waals surface area contributed by atoms with E-state index in [2.05, 4.69) is 0 Å². The Morgan fingerprint density at radius 1 is 1.35 bits per heavy atom. The van der Waals surface area contributed by atoms with Crippen molar-refractivity contribution in [2.45, 2.75) is 13.3 Å². The monoisotopic (exact) mass is 232 g/mol. The van der Waals surface area contributed by atoms with Gasteiger partial charge in [-0.3, -0.25) is 4.57 Å². The molecule has 1 N–H and O–H groups in total. The average molecular weight is 232 g/mol. The molecule has 1 aromatic heterocycles. The number of benzene rings is 1. The molecule has 2 rings (SSSR count). The van der Waals surface area contributed by atoms with Crippen LogP contribution in [0, 0.1) is 6.92 Å². The lowest BCUT2D eigenvalue weighted by molar-refractivity contribution is 0.299. The summed E-state index contributed by atoms with van der Waals surface area (Å²) >= 11 is 0. The molecule has 1 aromatic carbocycles. The molecule has 0 atom stereocenters. The minimum atomic E-state index is -0.0522. The molecule has 0 unspecified atom stereocenters. The highest BCUT2D eigenvalue weighted by Gasteiger charge is 2.07. The maximum Gasteiger partial charge on any atom is 0.332 e. The lowest BCUT2D eigenvalue weighted by Crippen LogP contribution is -2.21. The average Bonchev–Trinajstić information content (AvgIpc) is 2.54. The topological polar surface area (TPSA) is 47.2 Å². The third-order valence-electron chi connectivity index (χ3n) is 2.80. The van der Waals surface area contributed by atoms with Gasteiger partial charge in [-0.1, -0.05) is 12.1 Å². The quantitative estimate of drug-likeness (QED) is 0.858. The molecule has 4 nitrogen and oxygen atoms in total. The second-order valence-electron chi connectivity index (χ2n) is 4.14. The van der Waals surface area contributed by atoms with Gasteiger partial charge in [0.05, 0.1) is 5.69 Å². The van der Waals surface area contributed by atoms with Gasteiger partial charge < -0.3 is 9.67 Å². The van der Waals surface area contributed by atoms with Crippen molar-refractivity contribution < 1.29 is 5.11 Å². The Kier molecular flexibility index (Phi) is 3.15. The molecule has 90 valence electrons. The molecule has 0 aliphatic heterocycles. The van der Waals surface area contributed by atoms with Gasteiger partial charge in [-0.2, -0.15) is 0 Å². The largest absolute Gasteiger partial charge is 0.396 e. The van der Waals surface area contributed by atoms with Gasteiger partial charge in [-0.25, -0.2) is 4.79 Å². The van der Waals surface area contributed by atoms with Crippen LogP contribution in [0.4, 0.5) is 0 Å². The van der Waals surface area contributed by atoms with E-state index in [9.17, 15) is 4.79 Å². The predicted octanol–water partition coefficient (Wildman–Crippen LogP) is 1.02. The fourth-order valence-electron chi connectivity index (χ4n) is 2.00. The maximum atomic E-state index is 11.9. The first-order chi connectivity index (χ1) is 8.13. The number of nitrogens with zero attached hydrogens (tertiary/aromatic N) is 2. The summed E-state index contributed by atoms with van der Waals surface area (Å²) in [4.78, 5) is 11.9. The Morgan fingerprint density at radius 3 is 2.71 bits per heavy atom. The van der Waals surface area contributed by atoms with Crippen molar-refractivity contribution in [3.05, 3.63) is 52.2 Å². The van der Waals surface area contributed by atoms with Crippen LogP contribution in [-0.4, -0.2) is 20.8 Å². The molecular formula is C13H16N2O2. The summed E-state index contributed by atoms with van der Waals surface area (Å²) < 4.78 is 3.23. The van der Waals surface area contributed by atoms with Gasteiger partial charge in [0.15, 0.2) is 0 Å².